The zero-order valence-electron chi connectivity index (χ0n) is 15.5. The fourth-order valence-electron chi connectivity index (χ4n) is 4.33. The maximum absolute atomic E-state index is 12.7. The first-order valence-corrected chi connectivity index (χ1v) is 9.73. The normalized spacial score (nSPS) is 27.7. The first-order valence-electron chi connectivity index (χ1n) is 9.35. The van der Waals surface area contributed by atoms with Gasteiger partial charge in [0.05, 0.1) is 29.7 Å². The number of amides is 2. The van der Waals surface area contributed by atoms with Crippen molar-refractivity contribution >= 4 is 29.6 Å². The van der Waals surface area contributed by atoms with Gasteiger partial charge in [-0.05, 0) is 42.9 Å². The topological polar surface area (TPSA) is 68.2 Å². The van der Waals surface area contributed by atoms with E-state index in [1.165, 1.54) is 6.21 Å². The number of hydrogen-bond donors (Lipinski definition) is 0. The highest BCUT2D eigenvalue weighted by Gasteiger charge is 2.59. The molecule has 0 spiro atoms. The van der Waals surface area contributed by atoms with Gasteiger partial charge in [0.15, 0.2) is 11.5 Å². The molecule has 2 fully saturated rings. The van der Waals surface area contributed by atoms with Gasteiger partial charge in [-0.3, -0.25) is 9.59 Å². The zero-order chi connectivity index (χ0) is 19.8. The molecule has 1 aromatic carbocycles. The van der Waals surface area contributed by atoms with E-state index in [9.17, 15) is 9.59 Å². The quantitative estimate of drug-likeness (QED) is 0.399. The van der Waals surface area contributed by atoms with E-state index in [1.807, 2.05) is 6.92 Å². The number of hydrazone groups is 1. The van der Waals surface area contributed by atoms with Gasteiger partial charge in [0.1, 0.15) is 6.61 Å². The lowest BCUT2D eigenvalue weighted by Crippen LogP contribution is -2.28. The van der Waals surface area contributed by atoms with Crippen LogP contribution in [0, 0.1) is 23.7 Å². The smallest absolute Gasteiger partial charge is 0.254 e. The summed E-state index contributed by atoms with van der Waals surface area (Å²) in [5.41, 5.74) is 0.609. The average Bonchev–Trinajstić information content (AvgIpc) is 3.34. The molecule has 2 amide bonds. The molecule has 3 aliphatic rings. The van der Waals surface area contributed by atoms with Crippen LogP contribution < -0.4 is 9.47 Å². The number of allylic oxidation sites excluding steroid dienone is 2. The van der Waals surface area contributed by atoms with Gasteiger partial charge >= 0.3 is 0 Å². The molecule has 2 aliphatic carbocycles. The summed E-state index contributed by atoms with van der Waals surface area (Å²) in [4.78, 5) is 25.4. The Morgan fingerprint density at radius 3 is 2.50 bits per heavy atom. The molecule has 2 bridgehead atoms. The van der Waals surface area contributed by atoms with E-state index in [2.05, 4.69) is 23.8 Å². The molecule has 6 nitrogen and oxygen atoms in total. The van der Waals surface area contributed by atoms with Gasteiger partial charge in [0, 0.05) is 0 Å². The Morgan fingerprint density at radius 1 is 1.21 bits per heavy atom. The molecule has 0 aromatic heterocycles. The summed E-state index contributed by atoms with van der Waals surface area (Å²) in [6.07, 6.45) is 8.08. The van der Waals surface area contributed by atoms with Gasteiger partial charge in [-0.2, -0.15) is 10.1 Å². The second-order valence-corrected chi connectivity index (χ2v) is 7.50. The van der Waals surface area contributed by atoms with Crippen molar-refractivity contribution in [2.75, 3.05) is 13.2 Å². The molecule has 1 heterocycles. The third-order valence-electron chi connectivity index (χ3n) is 5.45. The number of nitrogens with zero attached hydrogens (tertiary/aromatic N) is 2. The maximum atomic E-state index is 12.7. The highest BCUT2D eigenvalue weighted by atomic mass is 35.5. The third-order valence-corrected chi connectivity index (χ3v) is 5.73. The minimum atomic E-state index is -0.267. The summed E-state index contributed by atoms with van der Waals surface area (Å²) >= 11 is 6.33. The maximum Gasteiger partial charge on any atom is 0.254 e. The molecule has 4 unspecified atom stereocenters. The van der Waals surface area contributed by atoms with Crippen molar-refractivity contribution in [3.8, 4) is 11.5 Å². The lowest BCUT2D eigenvalue weighted by Gasteiger charge is -2.14. The molecule has 28 heavy (non-hydrogen) atoms. The SMILES string of the molecule is C=CCOc1c(Cl)cc(C=NN2C(=O)C3C4C=CC(C4)C3C2=O)cc1OCC. The van der Waals surface area contributed by atoms with Crippen LogP contribution >= 0.6 is 11.6 Å². The predicted molar refractivity (Wildman–Crippen MR) is 105 cm³/mol. The summed E-state index contributed by atoms with van der Waals surface area (Å²) < 4.78 is 11.2. The molecular formula is C21H21ClN2O4. The van der Waals surface area contributed by atoms with Gasteiger partial charge in [-0.25, -0.2) is 0 Å². The molecular weight excluding hydrogens is 380 g/mol. The lowest BCUT2D eigenvalue weighted by molar-refractivity contribution is -0.140. The predicted octanol–water partition coefficient (Wildman–Crippen LogP) is 3.44. The Hall–Kier alpha value is -2.60. The summed E-state index contributed by atoms with van der Waals surface area (Å²) in [6, 6.07) is 3.37. The summed E-state index contributed by atoms with van der Waals surface area (Å²) in [7, 11) is 0. The van der Waals surface area contributed by atoms with Crippen molar-refractivity contribution in [3.05, 3.63) is 47.5 Å². The Labute approximate surface area is 168 Å². The Morgan fingerprint density at radius 2 is 1.89 bits per heavy atom. The van der Waals surface area contributed by atoms with Crippen LogP contribution in [0.15, 0.2) is 42.0 Å². The fourth-order valence-corrected chi connectivity index (χ4v) is 4.61. The van der Waals surface area contributed by atoms with Crippen LogP contribution in [0.3, 0.4) is 0 Å². The van der Waals surface area contributed by atoms with E-state index in [-0.39, 0.29) is 35.5 Å². The molecule has 1 saturated heterocycles. The number of imide groups is 1. The number of fused-ring (bicyclic) bond motifs is 5. The van der Waals surface area contributed by atoms with Gasteiger partial charge in [0.2, 0.25) is 0 Å². The first kappa shape index (κ1) is 18.7. The van der Waals surface area contributed by atoms with Crippen LogP contribution in [0.2, 0.25) is 5.02 Å². The highest BCUT2D eigenvalue weighted by Crippen LogP contribution is 2.52. The molecule has 146 valence electrons. The minimum Gasteiger partial charge on any atom is -0.490 e. The van der Waals surface area contributed by atoms with Gasteiger partial charge < -0.3 is 9.47 Å². The summed E-state index contributed by atoms with van der Waals surface area (Å²) in [5, 5.41) is 5.54. The number of ether oxygens (including phenoxy) is 2. The van der Waals surface area contributed by atoms with Crippen molar-refractivity contribution < 1.29 is 19.1 Å². The number of hydrogen-bond acceptors (Lipinski definition) is 5. The largest absolute Gasteiger partial charge is 0.490 e. The van der Waals surface area contributed by atoms with Crippen molar-refractivity contribution in [3.63, 3.8) is 0 Å². The molecule has 1 saturated carbocycles. The van der Waals surface area contributed by atoms with E-state index in [4.69, 9.17) is 21.1 Å². The standard InChI is InChI=1S/C21H21ClN2O4/c1-3-7-28-19-15(22)8-12(9-16(19)27-4-2)11-23-24-20(25)17-13-5-6-14(10-13)18(17)21(24)26/h3,5-6,8-9,11,13-14,17-18H,1,4,7,10H2,2H3. The van der Waals surface area contributed by atoms with Crippen molar-refractivity contribution in [1.29, 1.82) is 0 Å². The number of halogens is 1. The number of rotatable bonds is 7. The molecule has 7 heteroatoms. The minimum absolute atomic E-state index is 0.159. The second-order valence-electron chi connectivity index (χ2n) is 7.10. The third kappa shape index (κ3) is 3.02. The van der Waals surface area contributed by atoms with Crippen LogP contribution in [0.25, 0.3) is 0 Å². The van der Waals surface area contributed by atoms with Gasteiger partial charge in [-0.15, -0.1) is 0 Å². The number of carbonyl (C=O) groups is 2. The van der Waals surface area contributed by atoms with Crippen LogP contribution in [-0.2, 0) is 9.59 Å². The zero-order valence-corrected chi connectivity index (χ0v) is 16.3. The van der Waals surface area contributed by atoms with E-state index < -0.39 is 0 Å². The molecule has 0 radical (unpaired) electrons. The molecule has 0 N–H and O–H groups in total. The molecule has 4 atom stereocenters. The molecule has 4 rings (SSSR count). The van der Waals surface area contributed by atoms with E-state index in [1.54, 1.807) is 18.2 Å². The number of benzene rings is 1. The Bertz CT molecular complexity index is 865. The van der Waals surface area contributed by atoms with Crippen LogP contribution in [-0.4, -0.2) is 36.3 Å². The van der Waals surface area contributed by atoms with Gasteiger partial charge in [0.25, 0.3) is 11.8 Å². The molecule has 1 aliphatic heterocycles. The fraction of sp³-hybridized carbons (Fsp3) is 0.381. The van der Waals surface area contributed by atoms with Crippen molar-refractivity contribution in [1.82, 2.24) is 5.01 Å². The van der Waals surface area contributed by atoms with E-state index in [0.717, 1.165) is 11.4 Å². The highest BCUT2D eigenvalue weighted by molar-refractivity contribution is 6.32. The van der Waals surface area contributed by atoms with Crippen LogP contribution in [0.1, 0.15) is 18.9 Å². The monoisotopic (exact) mass is 400 g/mol. The van der Waals surface area contributed by atoms with E-state index >= 15 is 0 Å². The average molecular weight is 401 g/mol. The van der Waals surface area contributed by atoms with Crippen LogP contribution in [0.4, 0.5) is 0 Å². The molecule has 1 aromatic rings. The second kappa shape index (κ2) is 7.43. The Balaban J connectivity index is 1.57. The number of carbonyl (C=O) groups excluding carboxylic acids is 2. The lowest BCUT2D eigenvalue weighted by atomic mass is 9.85. The Kier molecular flexibility index (Phi) is 4.98. The van der Waals surface area contributed by atoms with Gasteiger partial charge in [-0.1, -0.05) is 36.4 Å². The summed E-state index contributed by atoms with van der Waals surface area (Å²) in [6.45, 7) is 6.21. The summed E-state index contributed by atoms with van der Waals surface area (Å²) in [5.74, 6) is 0.241. The van der Waals surface area contributed by atoms with Crippen molar-refractivity contribution in [2.24, 2.45) is 28.8 Å². The van der Waals surface area contributed by atoms with E-state index in [0.29, 0.717) is 35.3 Å². The first-order chi connectivity index (χ1) is 13.5. The van der Waals surface area contributed by atoms with Crippen molar-refractivity contribution in [2.45, 2.75) is 13.3 Å². The van der Waals surface area contributed by atoms with Crippen LogP contribution in [0.5, 0.6) is 11.5 Å².